The number of hydrogen-bond donors (Lipinski definition) is 1. The molecule has 2 rings (SSSR count). The Kier molecular flexibility index (Phi) is 4.43. The lowest BCUT2D eigenvalue weighted by atomic mass is 9.86. The van der Waals surface area contributed by atoms with E-state index >= 15 is 0 Å². The molecule has 116 valence electrons. The molecule has 21 heavy (non-hydrogen) atoms. The van der Waals surface area contributed by atoms with Crippen LogP contribution in [0.4, 0.5) is 5.69 Å². The lowest BCUT2D eigenvalue weighted by Crippen LogP contribution is -2.39. The molecule has 0 radical (unpaired) electrons. The van der Waals surface area contributed by atoms with Crippen LogP contribution >= 0.6 is 0 Å². The Bertz CT molecular complexity index is 532. The van der Waals surface area contributed by atoms with E-state index in [0.717, 1.165) is 6.54 Å². The number of hydrogen-bond acceptors (Lipinski definition) is 2. The molecule has 1 atom stereocenters. The van der Waals surface area contributed by atoms with E-state index in [0.29, 0.717) is 12.6 Å². The van der Waals surface area contributed by atoms with Crippen LogP contribution in [0.1, 0.15) is 37.5 Å². The standard InChI is InChI=1S/C18H29N2O/c1-13-9-14(2)17(15(3)10-13)20-11-16(18(4,5)6)19(12-20)7-8-21/h9-10,12,16,21H,7-8,11H2,1-6H3/q+1/t16-/m1/s1. The van der Waals surface area contributed by atoms with Gasteiger partial charge in [0, 0.05) is 5.41 Å². The third-order valence-electron chi connectivity index (χ3n) is 4.34. The molecule has 1 aromatic rings. The second kappa shape index (κ2) is 5.80. The van der Waals surface area contributed by atoms with Crippen molar-refractivity contribution in [3.05, 3.63) is 28.8 Å². The van der Waals surface area contributed by atoms with Gasteiger partial charge in [0.2, 0.25) is 6.34 Å². The van der Waals surface area contributed by atoms with E-state index in [-0.39, 0.29) is 12.0 Å². The molecule has 1 aromatic carbocycles. The average Bonchev–Trinajstić information content (AvgIpc) is 2.71. The minimum absolute atomic E-state index is 0.187. The lowest BCUT2D eigenvalue weighted by Gasteiger charge is -2.26. The summed E-state index contributed by atoms with van der Waals surface area (Å²) in [4.78, 5) is 2.36. The summed E-state index contributed by atoms with van der Waals surface area (Å²) in [5.74, 6) is 0. The summed E-state index contributed by atoms with van der Waals surface area (Å²) < 4.78 is 2.29. The van der Waals surface area contributed by atoms with Crippen LogP contribution in [-0.2, 0) is 0 Å². The quantitative estimate of drug-likeness (QED) is 0.866. The van der Waals surface area contributed by atoms with Gasteiger partial charge in [0.05, 0.1) is 6.61 Å². The smallest absolute Gasteiger partial charge is 0.239 e. The number of aryl methyl sites for hydroxylation is 3. The van der Waals surface area contributed by atoms with Crippen LogP contribution in [0.5, 0.6) is 0 Å². The van der Waals surface area contributed by atoms with Gasteiger partial charge in [0.15, 0.2) is 0 Å². The molecular weight excluding hydrogens is 260 g/mol. The fourth-order valence-electron chi connectivity index (χ4n) is 3.47. The average molecular weight is 289 g/mol. The minimum Gasteiger partial charge on any atom is -0.392 e. The molecule has 0 unspecified atom stereocenters. The van der Waals surface area contributed by atoms with Crippen molar-refractivity contribution in [2.45, 2.75) is 47.6 Å². The number of β-amino-alcohol motifs (C(OH)–C–C–N with tert-alkyl or cyclic N) is 1. The van der Waals surface area contributed by atoms with E-state index < -0.39 is 0 Å². The maximum Gasteiger partial charge on any atom is 0.239 e. The first-order valence-corrected chi connectivity index (χ1v) is 7.80. The molecule has 3 heteroatoms. The molecule has 0 saturated heterocycles. The van der Waals surface area contributed by atoms with E-state index in [9.17, 15) is 5.11 Å². The van der Waals surface area contributed by atoms with Crippen molar-refractivity contribution >= 4 is 12.0 Å². The number of nitrogens with zero attached hydrogens (tertiary/aromatic N) is 2. The van der Waals surface area contributed by atoms with Gasteiger partial charge < -0.3 is 5.11 Å². The molecule has 1 aliphatic rings. The molecule has 0 aliphatic carbocycles. The molecule has 1 N–H and O–H groups in total. The van der Waals surface area contributed by atoms with Crippen molar-refractivity contribution in [2.75, 3.05) is 24.6 Å². The highest BCUT2D eigenvalue weighted by molar-refractivity contribution is 5.81. The van der Waals surface area contributed by atoms with Crippen LogP contribution in [0.2, 0.25) is 0 Å². The highest BCUT2D eigenvalue weighted by Crippen LogP contribution is 2.31. The van der Waals surface area contributed by atoms with Gasteiger partial charge >= 0.3 is 0 Å². The van der Waals surface area contributed by atoms with Gasteiger partial charge in [-0.15, -0.1) is 0 Å². The second-order valence-corrected chi connectivity index (χ2v) is 7.36. The Morgan fingerprint density at radius 1 is 1.19 bits per heavy atom. The Balaban J connectivity index is 2.39. The van der Waals surface area contributed by atoms with E-state index in [4.69, 9.17) is 0 Å². The first kappa shape index (κ1) is 16.0. The molecule has 0 saturated carbocycles. The summed E-state index contributed by atoms with van der Waals surface area (Å²) in [6, 6.07) is 4.92. The van der Waals surface area contributed by atoms with E-state index in [2.05, 4.69) is 69.5 Å². The molecule has 0 fully saturated rings. The molecule has 1 aliphatic heterocycles. The zero-order valence-electron chi connectivity index (χ0n) is 14.3. The number of aliphatic hydroxyl groups excluding tert-OH is 1. The van der Waals surface area contributed by atoms with Gasteiger partial charge in [-0.2, -0.15) is 0 Å². The van der Waals surface area contributed by atoms with Crippen LogP contribution in [0.15, 0.2) is 12.1 Å². The SMILES string of the molecule is Cc1cc(C)c(N2C=[N+](CCO)[C@@H](C(C)(C)C)C2)c(C)c1. The van der Waals surface area contributed by atoms with Crippen LogP contribution in [-0.4, -0.2) is 41.8 Å². The largest absolute Gasteiger partial charge is 0.392 e. The van der Waals surface area contributed by atoms with Crippen molar-refractivity contribution in [3.8, 4) is 0 Å². The number of benzene rings is 1. The van der Waals surface area contributed by atoms with Gasteiger partial charge in [-0.05, 0) is 31.9 Å². The Morgan fingerprint density at radius 2 is 1.76 bits per heavy atom. The maximum atomic E-state index is 9.33. The van der Waals surface area contributed by atoms with Crippen LogP contribution in [0.25, 0.3) is 0 Å². The van der Waals surface area contributed by atoms with Gasteiger partial charge in [-0.3, -0.25) is 4.58 Å². The predicted molar refractivity (Wildman–Crippen MR) is 89.5 cm³/mol. The first-order chi connectivity index (χ1) is 9.74. The molecule has 3 nitrogen and oxygen atoms in total. The van der Waals surface area contributed by atoms with Crippen molar-refractivity contribution in [1.29, 1.82) is 0 Å². The van der Waals surface area contributed by atoms with E-state index in [1.54, 1.807) is 0 Å². The molecule has 1 heterocycles. The molecule has 0 spiro atoms. The lowest BCUT2D eigenvalue weighted by molar-refractivity contribution is -0.568. The van der Waals surface area contributed by atoms with E-state index in [1.165, 1.54) is 22.4 Å². The van der Waals surface area contributed by atoms with Crippen LogP contribution < -0.4 is 4.90 Å². The summed E-state index contributed by atoms with van der Waals surface area (Å²) in [7, 11) is 0. The van der Waals surface area contributed by atoms with Crippen molar-refractivity contribution in [1.82, 2.24) is 0 Å². The summed E-state index contributed by atoms with van der Waals surface area (Å²) in [5, 5.41) is 9.33. The maximum absolute atomic E-state index is 9.33. The molecule has 0 bridgehead atoms. The number of aliphatic hydroxyl groups is 1. The summed E-state index contributed by atoms with van der Waals surface area (Å²) >= 11 is 0. The second-order valence-electron chi connectivity index (χ2n) is 7.36. The number of anilines is 1. The van der Waals surface area contributed by atoms with Gasteiger partial charge in [-0.25, -0.2) is 4.90 Å². The van der Waals surface area contributed by atoms with E-state index in [1.807, 2.05) is 0 Å². The van der Waals surface area contributed by atoms with Crippen LogP contribution in [0, 0.1) is 26.2 Å². The summed E-state index contributed by atoms with van der Waals surface area (Å²) in [6.45, 7) is 15.2. The zero-order valence-corrected chi connectivity index (χ0v) is 14.3. The van der Waals surface area contributed by atoms with Crippen molar-refractivity contribution in [2.24, 2.45) is 5.41 Å². The fraction of sp³-hybridized carbons (Fsp3) is 0.611. The van der Waals surface area contributed by atoms with Crippen molar-refractivity contribution in [3.63, 3.8) is 0 Å². The topological polar surface area (TPSA) is 26.5 Å². The summed E-state index contributed by atoms with van der Waals surface area (Å²) in [6.07, 6.45) is 2.19. The van der Waals surface area contributed by atoms with Crippen LogP contribution in [0.3, 0.4) is 0 Å². The van der Waals surface area contributed by atoms with Gasteiger partial charge in [-0.1, -0.05) is 38.5 Å². The zero-order chi connectivity index (χ0) is 15.8. The minimum atomic E-state index is 0.187. The fourth-order valence-corrected chi connectivity index (χ4v) is 3.47. The summed E-state index contributed by atoms with van der Waals surface area (Å²) in [5.41, 5.74) is 5.46. The predicted octanol–water partition coefficient (Wildman–Crippen LogP) is 2.88. The van der Waals surface area contributed by atoms with Gasteiger partial charge in [0.25, 0.3) is 0 Å². The van der Waals surface area contributed by atoms with Gasteiger partial charge in [0.1, 0.15) is 24.8 Å². The number of rotatable bonds is 3. The highest BCUT2D eigenvalue weighted by Gasteiger charge is 2.40. The Morgan fingerprint density at radius 3 is 2.24 bits per heavy atom. The molecule has 0 aromatic heterocycles. The monoisotopic (exact) mass is 289 g/mol. The normalized spacial score (nSPS) is 19.1. The Labute approximate surface area is 128 Å². The van der Waals surface area contributed by atoms with Crippen molar-refractivity contribution < 1.29 is 9.68 Å². The molecular formula is C18H29N2O+. The molecule has 0 amide bonds. The first-order valence-electron chi connectivity index (χ1n) is 7.80. The Hall–Kier alpha value is -1.35. The third kappa shape index (κ3) is 3.29. The third-order valence-corrected chi connectivity index (χ3v) is 4.34. The highest BCUT2D eigenvalue weighted by atomic mass is 16.3.